The van der Waals surface area contributed by atoms with Crippen LogP contribution in [0.4, 0.5) is 16.0 Å². The van der Waals surface area contributed by atoms with E-state index in [1.165, 1.54) is 6.07 Å². The van der Waals surface area contributed by atoms with Crippen molar-refractivity contribution in [1.29, 1.82) is 0 Å². The summed E-state index contributed by atoms with van der Waals surface area (Å²) in [5.41, 5.74) is 10.0. The van der Waals surface area contributed by atoms with E-state index in [0.717, 1.165) is 37.2 Å². The van der Waals surface area contributed by atoms with Crippen LogP contribution in [-0.2, 0) is 6.54 Å². The average molecular weight is 575 g/mol. The fourth-order valence-electron chi connectivity index (χ4n) is 5.29. The van der Waals surface area contributed by atoms with E-state index in [2.05, 4.69) is 20.0 Å². The van der Waals surface area contributed by atoms with Crippen molar-refractivity contribution in [2.24, 2.45) is 0 Å². The second-order valence-corrected chi connectivity index (χ2v) is 10.9. The van der Waals surface area contributed by atoms with Crippen LogP contribution in [-0.4, -0.2) is 112 Å². The lowest BCUT2D eigenvalue weighted by Crippen LogP contribution is -2.47. The Labute approximate surface area is 242 Å². The summed E-state index contributed by atoms with van der Waals surface area (Å²) in [6, 6.07) is 10.4. The lowest BCUT2D eigenvalue weighted by molar-refractivity contribution is 0.0786. The highest BCUT2D eigenvalue weighted by Crippen LogP contribution is 2.26. The number of nitrogen functional groups attached to an aromatic ring is 1. The number of benzene rings is 1. The van der Waals surface area contributed by atoms with E-state index in [-0.39, 0.29) is 17.7 Å². The van der Waals surface area contributed by atoms with Crippen LogP contribution in [0.2, 0.25) is 0 Å². The third-order valence-corrected chi connectivity index (χ3v) is 7.77. The van der Waals surface area contributed by atoms with E-state index >= 15 is 4.39 Å². The number of carbonyl (C=O) groups is 1. The van der Waals surface area contributed by atoms with Crippen molar-refractivity contribution in [3.8, 4) is 11.5 Å². The number of aromatic nitrogens is 5. The highest BCUT2D eigenvalue weighted by atomic mass is 19.1. The van der Waals surface area contributed by atoms with Crippen molar-refractivity contribution >= 4 is 34.2 Å². The standard InChI is InChI=1S/C29H35FN10O2/c1-35(2)8-9-36(3)28(41)20-6-7-23(21(30)17-20)38-13-10-37(11-14-38)12-15-39-19-32-26-24-18-22(25-5-4-16-42-25)34-40(24)29(31)33-27(26)39/h4-7,16-19H,8-15H2,1-3H3,(H2,31,33). The lowest BCUT2D eigenvalue weighted by Gasteiger charge is -2.36. The number of imidazole rings is 1. The van der Waals surface area contributed by atoms with Gasteiger partial charge in [-0.3, -0.25) is 9.69 Å². The van der Waals surface area contributed by atoms with Gasteiger partial charge in [0.25, 0.3) is 5.91 Å². The number of fused-ring (bicyclic) bond motifs is 3. The first kappa shape index (κ1) is 27.7. The molecule has 6 rings (SSSR count). The summed E-state index contributed by atoms with van der Waals surface area (Å²) in [5.74, 6) is 0.380. The molecule has 2 N–H and O–H groups in total. The number of nitrogens with two attached hydrogens (primary N) is 1. The number of piperazine rings is 1. The summed E-state index contributed by atoms with van der Waals surface area (Å²) in [7, 11) is 5.65. The maximum Gasteiger partial charge on any atom is 0.253 e. The summed E-state index contributed by atoms with van der Waals surface area (Å²) >= 11 is 0. The van der Waals surface area contributed by atoms with Crippen LogP contribution in [0.3, 0.4) is 0 Å². The molecule has 0 bridgehead atoms. The predicted molar refractivity (Wildman–Crippen MR) is 159 cm³/mol. The van der Waals surface area contributed by atoms with Crippen molar-refractivity contribution in [3.63, 3.8) is 0 Å². The minimum atomic E-state index is -0.370. The summed E-state index contributed by atoms with van der Waals surface area (Å²) in [5, 5.41) is 4.53. The Balaban J connectivity index is 1.07. The van der Waals surface area contributed by atoms with Gasteiger partial charge in [-0.1, -0.05) is 0 Å². The molecular formula is C29H35FN10O2. The molecule has 5 heterocycles. The largest absolute Gasteiger partial charge is 0.463 e. The quantitative estimate of drug-likeness (QED) is 0.283. The van der Waals surface area contributed by atoms with E-state index in [0.29, 0.717) is 54.5 Å². The second-order valence-electron chi connectivity index (χ2n) is 10.9. The molecule has 0 unspecified atom stereocenters. The summed E-state index contributed by atoms with van der Waals surface area (Å²) in [6.45, 7) is 5.75. The summed E-state index contributed by atoms with van der Waals surface area (Å²) in [4.78, 5) is 29.9. The van der Waals surface area contributed by atoms with Crippen molar-refractivity contribution in [2.45, 2.75) is 6.54 Å². The van der Waals surface area contributed by atoms with Crippen molar-refractivity contribution < 1.29 is 13.6 Å². The van der Waals surface area contributed by atoms with Gasteiger partial charge in [0.05, 0.1) is 18.3 Å². The Morgan fingerprint density at radius 3 is 2.60 bits per heavy atom. The van der Waals surface area contributed by atoms with Crippen LogP contribution < -0.4 is 10.6 Å². The Bertz CT molecular complexity index is 1700. The van der Waals surface area contributed by atoms with Gasteiger partial charge in [-0.2, -0.15) is 14.6 Å². The van der Waals surface area contributed by atoms with Crippen molar-refractivity contribution in [2.75, 3.05) is 77.6 Å². The molecule has 1 aliphatic rings. The maximum atomic E-state index is 15.1. The second kappa shape index (κ2) is 11.4. The number of furan rings is 1. The average Bonchev–Trinajstić information content (AvgIpc) is 3.75. The highest BCUT2D eigenvalue weighted by Gasteiger charge is 2.22. The zero-order valence-electron chi connectivity index (χ0n) is 24.1. The van der Waals surface area contributed by atoms with Gasteiger partial charge in [0, 0.05) is 65.0 Å². The van der Waals surface area contributed by atoms with E-state index in [1.807, 2.05) is 46.7 Å². The van der Waals surface area contributed by atoms with Crippen molar-refractivity contribution in [1.82, 2.24) is 38.8 Å². The summed E-state index contributed by atoms with van der Waals surface area (Å²) < 4.78 is 24.2. The van der Waals surface area contributed by atoms with Crippen LogP contribution in [0.1, 0.15) is 10.4 Å². The third-order valence-electron chi connectivity index (χ3n) is 7.77. The van der Waals surface area contributed by atoms with Gasteiger partial charge in [-0.15, -0.1) is 0 Å². The molecule has 0 aliphatic carbocycles. The van der Waals surface area contributed by atoms with Crippen molar-refractivity contribution in [3.05, 3.63) is 60.4 Å². The molecule has 1 fully saturated rings. The van der Waals surface area contributed by atoms with Gasteiger partial charge in [-0.05, 0) is 50.5 Å². The molecule has 0 spiro atoms. The number of hydrogen-bond acceptors (Lipinski definition) is 9. The van der Waals surface area contributed by atoms with Crippen LogP contribution in [0.15, 0.2) is 53.4 Å². The molecule has 1 amide bonds. The predicted octanol–water partition coefficient (Wildman–Crippen LogP) is 2.52. The minimum absolute atomic E-state index is 0.178. The molecule has 1 aliphatic heterocycles. The number of anilines is 2. The van der Waals surface area contributed by atoms with Gasteiger partial charge in [0.1, 0.15) is 22.5 Å². The Morgan fingerprint density at radius 2 is 1.88 bits per heavy atom. The summed E-state index contributed by atoms with van der Waals surface area (Å²) in [6.07, 6.45) is 3.39. The van der Waals surface area contributed by atoms with Gasteiger partial charge in [0.2, 0.25) is 5.95 Å². The van der Waals surface area contributed by atoms with E-state index in [4.69, 9.17) is 10.2 Å². The molecule has 13 heteroatoms. The normalized spacial score (nSPS) is 14.5. The highest BCUT2D eigenvalue weighted by molar-refractivity contribution is 5.94. The molecule has 1 aromatic carbocycles. The monoisotopic (exact) mass is 574 g/mol. The molecule has 4 aromatic heterocycles. The zero-order valence-corrected chi connectivity index (χ0v) is 24.1. The van der Waals surface area contributed by atoms with Crippen LogP contribution in [0.5, 0.6) is 0 Å². The van der Waals surface area contributed by atoms with Crippen LogP contribution in [0.25, 0.3) is 28.1 Å². The maximum absolute atomic E-state index is 15.1. The molecular weight excluding hydrogens is 539 g/mol. The number of rotatable bonds is 9. The van der Waals surface area contributed by atoms with E-state index < -0.39 is 0 Å². The number of likely N-dealkylation sites (N-methyl/N-ethyl adjacent to an activating group) is 2. The number of carbonyl (C=O) groups excluding carboxylic acids is 1. The smallest absolute Gasteiger partial charge is 0.253 e. The molecule has 12 nitrogen and oxygen atoms in total. The molecule has 0 radical (unpaired) electrons. The molecule has 42 heavy (non-hydrogen) atoms. The lowest BCUT2D eigenvalue weighted by atomic mass is 10.1. The Kier molecular flexibility index (Phi) is 7.52. The number of nitrogens with zero attached hydrogens (tertiary/aromatic N) is 9. The molecule has 0 saturated carbocycles. The molecule has 0 atom stereocenters. The SMILES string of the molecule is CN(C)CCN(C)C(=O)c1ccc(N2CCN(CCn3cnc4c3nc(N)n3nc(-c5ccco5)cc43)CC2)c(F)c1. The van der Waals surface area contributed by atoms with Gasteiger partial charge in [0.15, 0.2) is 11.4 Å². The Hall–Kier alpha value is -4.49. The first-order valence-electron chi connectivity index (χ1n) is 14.0. The van der Waals surface area contributed by atoms with Crippen LogP contribution in [0, 0.1) is 5.82 Å². The number of hydrogen-bond donors (Lipinski definition) is 1. The molecule has 1 saturated heterocycles. The van der Waals surface area contributed by atoms with Crippen LogP contribution >= 0.6 is 0 Å². The van der Waals surface area contributed by atoms with Gasteiger partial charge < -0.3 is 29.4 Å². The fourth-order valence-corrected chi connectivity index (χ4v) is 5.29. The first-order valence-corrected chi connectivity index (χ1v) is 14.0. The topological polar surface area (TPSA) is 117 Å². The molecule has 220 valence electrons. The fraction of sp³-hybridized carbons (Fsp3) is 0.379. The number of halogens is 1. The Morgan fingerprint density at radius 1 is 1.07 bits per heavy atom. The van der Waals surface area contributed by atoms with Gasteiger partial charge >= 0.3 is 0 Å². The molecule has 5 aromatic rings. The zero-order chi connectivity index (χ0) is 29.4. The van der Waals surface area contributed by atoms with Gasteiger partial charge in [-0.25, -0.2) is 9.37 Å². The third kappa shape index (κ3) is 5.40. The number of amides is 1. The van der Waals surface area contributed by atoms with E-state index in [1.54, 1.807) is 41.2 Å². The first-order chi connectivity index (χ1) is 20.3. The van der Waals surface area contributed by atoms with E-state index in [9.17, 15) is 4.79 Å². The minimum Gasteiger partial charge on any atom is -0.463 e.